The lowest BCUT2D eigenvalue weighted by atomic mass is 10.6. The topological polar surface area (TPSA) is 65.5 Å². The van der Waals surface area contributed by atoms with Crippen LogP contribution in [0.2, 0.25) is 0 Å². The number of carboxylic acid groups (broad SMARTS) is 1. The number of hydrogen-bond donors (Lipinski definition) is 1. The first-order valence-corrected chi connectivity index (χ1v) is 1.51. The van der Waals surface area contributed by atoms with Gasteiger partial charge in [-0.05, 0) is 0 Å². The third-order valence-electron chi connectivity index (χ3n) is 0.284. The first-order chi connectivity index (χ1) is 3.27. The van der Waals surface area contributed by atoms with E-state index in [1.54, 1.807) is 0 Å². The highest BCUT2D eigenvalue weighted by Crippen LogP contribution is 1.70. The molecule has 0 saturated heterocycles. The van der Waals surface area contributed by atoms with Crippen LogP contribution in [0, 0.1) is 5.39 Å². The summed E-state index contributed by atoms with van der Waals surface area (Å²) in [5.74, 6) is -1.13. The van der Waals surface area contributed by atoms with Gasteiger partial charge in [0.05, 0.1) is 0 Å². The van der Waals surface area contributed by atoms with Gasteiger partial charge in [0, 0.05) is 0 Å². The third kappa shape index (κ3) is 4.63. The molecule has 0 rings (SSSR count). The average molecular weight is 99.1 g/mol. The van der Waals surface area contributed by atoms with Gasteiger partial charge in [-0.3, -0.25) is 0 Å². The van der Waals surface area contributed by atoms with Crippen molar-refractivity contribution in [3.63, 3.8) is 0 Å². The van der Waals surface area contributed by atoms with Gasteiger partial charge in [-0.15, -0.1) is 0 Å². The molecule has 0 fully saturated rings. The van der Waals surface area contributed by atoms with Gasteiger partial charge in [0.2, 0.25) is 5.39 Å². The van der Waals surface area contributed by atoms with E-state index < -0.39 is 5.97 Å². The summed E-state index contributed by atoms with van der Waals surface area (Å²) in [7, 11) is 0. The van der Waals surface area contributed by atoms with Gasteiger partial charge in [-0.2, -0.15) is 0 Å². The minimum atomic E-state index is -1.13. The van der Waals surface area contributed by atoms with Gasteiger partial charge in [0.25, 0.3) is 0 Å². The standard InChI is InChI=1S/C3H2N2O2/c4-5-2-1-3(6)7/h1-2H/p+1. The van der Waals surface area contributed by atoms with E-state index in [0.29, 0.717) is 0 Å². The van der Waals surface area contributed by atoms with Crippen LogP contribution in [0.15, 0.2) is 12.3 Å². The summed E-state index contributed by atoms with van der Waals surface area (Å²) in [6.45, 7) is 0. The SMILES string of the molecule is N#[N+]C=CC(=O)O. The number of hydrogen-bond acceptors (Lipinski definition) is 2. The lowest BCUT2D eigenvalue weighted by Gasteiger charge is -1.63. The maximum Gasteiger partial charge on any atom is 0.357 e. The molecule has 0 heterocycles. The van der Waals surface area contributed by atoms with Crippen molar-refractivity contribution in [3.8, 4) is 0 Å². The van der Waals surface area contributed by atoms with E-state index in [1.807, 2.05) is 0 Å². The van der Waals surface area contributed by atoms with E-state index in [2.05, 4.69) is 4.98 Å². The maximum absolute atomic E-state index is 9.50. The van der Waals surface area contributed by atoms with Crippen LogP contribution in [0.5, 0.6) is 0 Å². The average Bonchev–Trinajstić information content (AvgIpc) is 1.61. The van der Waals surface area contributed by atoms with Crippen LogP contribution in [0.3, 0.4) is 0 Å². The van der Waals surface area contributed by atoms with Crippen molar-refractivity contribution >= 4 is 5.97 Å². The van der Waals surface area contributed by atoms with Crippen LogP contribution in [0.4, 0.5) is 0 Å². The van der Waals surface area contributed by atoms with Gasteiger partial charge < -0.3 is 5.11 Å². The normalized spacial score (nSPS) is 8.43. The highest BCUT2D eigenvalue weighted by Gasteiger charge is 1.87. The Kier molecular flexibility index (Phi) is 2.29. The molecule has 0 aliphatic heterocycles. The smallest absolute Gasteiger partial charge is 0.357 e. The van der Waals surface area contributed by atoms with Gasteiger partial charge in [0.15, 0.2) is 4.98 Å². The summed E-state index contributed by atoms with van der Waals surface area (Å²) in [6.07, 6.45) is 1.50. The van der Waals surface area contributed by atoms with Crippen LogP contribution in [-0.4, -0.2) is 11.1 Å². The van der Waals surface area contributed by atoms with Crippen molar-refractivity contribution in [2.45, 2.75) is 0 Å². The Morgan fingerprint density at radius 3 is 2.57 bits per heavy atom. The highest BCUT2D eigenvalue weighted by molar-refractivity contribution is 5.79. The number of carbonyl (C=O) groups is 1. The molecular formula is C3H3N2O2+. The molecule has 4 heteroatoms. The van der Waals surface area contributed by atoms with E-state index >= 15 is 0 Å². The fourth-order valence-corrected chi connectivity index (χ4v) is 0.0971. The molecular weight excluding hydrogens is 96.0 g/mol. The molecule has 36 valence electrons. The predicted molar refractivity (Wildman–Crippen MR) is 21.9 cm³/mol. The van der Waals surface area contributed by atoms with E-state index in [-0.39, 0.29) is 0 Å². The first kappa shape index (κ1) is 5.63. The Hall–Kier alpha value is -1.37. The molecule has 0 spiro atoms. The molecule has 0 aliphatic carbocycles. The van der Waals surface area contributed by atoms with Gasteiger partial charge in [0.1, 0.15) is 6.08 Å². The zero-order valence-corrected chi connectivity index (χ0v) is 3.40. The third-order valence-corrected chi connectivity index (χ3v) is 0.284. The zero-order chi connectivity index (χ0) is 5.70. The summed E-state index contributed by atoms with van der Waals surface area (Å²) in [5, 5.41) is 15.4. The number of rotatable bonds is 1. The zero-order valence-electron chi connectivity index (χ0n) is 3.40. The van der Waals surface area contributed by atoms with Crippen molar-refractivity contribution < 1.29 is 9.90 Å². The largest absolute Gasteiger partial charge is 0.478 e. The highest BCUT2D eigenvalue weighted by atomic mass is 16.4. The van der Waals surface area contributed by atoms with Crippen LogP contribution >= 0.6 is 0 Å². The second kappa shape index (κ2) is 2.85. The summed E-state index contributed by atoms with van der Waals surface area (Å²) in [4.78, 5) is 11.9. The lowest BCUT2D eigenvalue weighted by molar-refractivity contribution is -0.131. The summed E-state index contributed by atoms with van der Waals surface area (Å²) in [5.41, 5.74) is 0. The Bertz CT molecular complexity index is 132. The van der Waals surface area contributed by atoms with Crippen LogP contribution < -0.4 is 0 Å². The molecule has 0 aromatic heterocycles. The summed E-state index contributed by atoms with van der Waals surface area (Å²) >= 11 is 0. The van der Waals surface area contributed by atoms with E-state index in [9.17, 15) is 4.79 Å². The number of carboxylic acids is 1. The Balaban J connectivity index is 3.53. The second-order valence-electron chi connectivity index (χ2n) is 0.769. The Morgan fingerprint density at radius 1 is 1.86 bits per heavy atom. The minimum absolute atomic E-state index is 0.722. The Morgan fingerprint density at radius 2 is 2.43 bits per heavy atom. The van der Waals surface area contributed by atoms with Gasteiger partial charge >= 0.3 is 12.2 Å². The van der Waals surface area contributed by atoms with E-state index in [0.717, 1.165) is 12.3 Å². The number of diazo groups is 1. The monoisotopic (exact) mass is 99.0 g/mol. The van der Waals surface area contributed by atoms with E-state index in [1.165, 1.54) is 0 Å². The number of aliphatic carboxylic acids is 1. The van der Waals surface area contributed by atoms with Crippen molar-refractivity contribution in [2.75, 3.05) is 0 Å². The van der Waals surface area contributed by atoms with Gasteiger partial charge in [-0.25, -0.2) is 4.79 Å². The van der Waals surface area contributed by atoms with Crippen molar-refractivity contribution in [3.05, 3.63) is 17.3 Å². The second-order valence-corrected chi connectivity index (χ2v) is 0.769. The molecule has 1 N–H and O–H groups in total. The van der Waals surface area contributed by atoms with Gasteiger partial charge in [-0.1, -0.05) is 0 Å². The van der Waals surface area contributed by atoms with Crippen molar-refractivity contribution in [1.82, 2.24) is 0 Å². The van der Waals surface area contributed by atoms with Crippen molar-refractivity contribution in [2.24, 2.45) is 0 Å². The molecule has 0 atom stereocenters. The molecule has 0 amide bonds. The molecule has 0 aliphatic rings. The maximum atomic E-state index is 9.50. The van der Waals surface area contributed by atoms with Crippen LogP contribution in [0.25, 0.3) is 4.98 Å². The molecule has 4 nitrogen and oxygen atoms in total. The molecule has 0 saturated carbocycles. The molecule has 0 bridgehead atoms. The minimum Gasteiger partial charge on any atom is -0.478 e. The van der Waals surface area contributed by atoms with E-state index in [4.69, 9.17) is 10.5 Å². The number of nitrogens with zero attached hydrogens (tertiary/aromatic N) is 2. The Labute approximate surface area is 39.7 Å². The fraction of sp³-hybridized carbons (Fsp3) is 0. The molecule has 0 aromatic rings. The predicted octanol–water partition coefficient (Wildman–Crippen LogP) is 0.438. The first-order valence-electron chi connectivity index (χ1n) is 1.51. The molecule has 7 heavy (non-hydrogen) atoms. The summed E-state index contributed by atoms with van der Waals surface area (Å²) in [6, 6.07) is 0. The van der Waals surface area contributed by atoms with Crippen LogP contribution in [-0.2, 0) is 4.79 Å². The fourth-order valence-electron chi connectivity index (χ4n) is 0.0971. The quantitative estimate of drug-likeness (QED) is 0.383. The van der Waals surface area contributed by atoms with Crippen LogP contribution in [0.1, 0.15) is 0 Å². The molecule has 0 radical (unpaired) electrons. The molecule has 0 aromatic carbocycles. The lowest BCUT2D eigenvalue weighted by Crippen LogP contribution is -1.83. The van der Waals surface area contributed by atoms with Crippen molar-refractivity contribution in [1.29, 1.82) is 5.39 Å². The molecule has 0 unspecified atom stereocenters. The summed E-state index contributed by atoms with van der Waals surface area (Å²) < 4.78 is 0.